The molecule has 0 atom stereocenters. The summed E-state index contributed by atoms with van der Waals surface area (Å²) in [6, 6.07) is 9.20. The van der Waals surface area contributed by atoms with Gasteiger partial charge in [-0.05, 0) is 65.9 Å². The summed E-state index contributed by atoms with van der Waals surface area (Å²) in [5, 5.41) is 0. The summed E-state index contributed by atoms with van der Waals surface area (Å²) in [5.41, 5.74) is -0.212. The number of esters is 2. The van der Waals surface area contributed by atoms with Crippen LogP contribution in [0.5, 0.6) is 0 Å². The van der Waals surface area contributed by atoms with E-state index in [0.717, 1.165) is 0 Å². The minimum absolute atomic E-state index is 0.0937. The molecule has 1 fully saturated rings. The highest BCUT2D eigenvalue weighted by molar-refractivity contribution is 6.19. The van der Waals surface area contributed by atoms with Crippen molar-refractivity contribution < 1.29 is 23.9 Å². The lowest BCUT2D eigenvalue weighted by Crippen LogP contribution is -2.41. The molecule has 0 saturated carbocycles. The summed E-state index contributed by atoms with van der Waals surface area (Å²) in [5.74, 6) is -1.11. The van der Waals surface area contributed by atoms with Gasteiger partial charge >= 0.3 is 18.0 Å². The lowest BCUT2D eigenvalue weighted by molar-refractivity contribution is -0.162. The second kappa shape index (κ2) is 9.45. The molecule has 0 aromatic heterocycles. The van der Waals surface area contributed by atoms with Gasteiger partial charge in [-0.25, -0.2) is 9.59 Å². The molecule has 1 aliphatic heterocycles. The van der Waals surface area contributed by atoms with E-state index in [0.29, 0.717) is 37.1 Å². The van der Waals surface area contributed by atoms with Gasteiger partial charge in [-0.15, -0.1) is 0 Å². The molecule has 0 N–H and O–H groups in total. The molecule has 1 aliphatic rings. The van der Waals surface area contributed by atoms with E-state index in [1.807, 2.05) is 57.2 Å². The van der Waals surface area contributed by atoms with Crippen molar-refractivity contribution >= 4 is 23.6 Å². The second-order valence-electron chi connectivity index (χ2n) is 9.68. The zero-order valence-corrected chi connectivity index (χ0v) is 18.9. The first-order valence-electron chi connectivity index (χ1n) is 10.4. The van der Waals surface area contributed by atoms with Crippen LogP contribution in [0, 0.1) is 11.3 Å². The first kappa shape index (κ1) is 23.6. The maximum atomic E-state index is 12.8. The number of amides is 1. The quantitative estimate of drug-likeness (QED) is 0.401. The van der Waals surface area contributed by atoms with Gasteiger partial charge in [0.15, 0.2) is 0 Å². The number of carbonyl (C=O) groups excluding carboxylic acids is 3. The Morgan fingerprint density at radius 1 is 0.967 bits per heavy atom. The van der Waals surface area contributed by atoms with Gasteiger partial charge in [-0.3, -0.25) is 4.79 Å². The number of piperidine rings is 1. The van der Waals surface area contributed by atoms with Crippen LogP contribution in [0.25, 0.3) is 5.57 Å². The molecule has 164 valence electrons. The number of likely N-dealkylation sites (tertiary alicyclic amines) is 1. The molecule has 1 aromatic rings. The van der Waals surface area contributed by atoms with Crippen molar-refractivity contribution in [2.24, 2.45) is 11.3 Å². The first-order valence-corrected chi connectivity index (χ1v) is 10.4. The maximum Gasteiger partial charge on any atom is 0.410 e. The van der Waals surface area contributed by atoms with Gasteiger partial charge in [0.2, 0.25) is 0 Å². The van der Waals surface area contributed by atoms with Gasteiger partial charge in [-0.1, -0.05) is 36.4 Å². The molecule has 2 rings (SSSR count). The zero-order valence-electron chi connectivity index (χ0n) is 18.9. The average Bonchev–Trinajstić information content (AvgIpc) is 2.65. The van der Waals surface area contributed by atoms with Gasteiger partial charge in [-0.2, -0.15) is 0 Å². The van der Waals surface area contributed by atoms with Crippen molar-refractivity contribution in [3.63, 3.8) is 0 Å². The van der Waals surface area contributed by atoms with Crippen LogP contribution < -0.4 is 0 Å². The molecule has 0 spiro atoms. The van der Waals surface area contributed by atoms with Crippen molar-refractivity contribution in [3.05, 3.63) is 42.0 Å². The van der Waals surface area contributed by atoms with Crippen LogP contribution in [0.1, 0.15) is 59.9 Å². The second-order valence-corrected chi connectivity index (χ2v) is 9.68. The summed E-state index contributed by atoms with van der Waals surface area (Å²) in [4.78, 5) is 39.0. The molecule has 6 heteroatoms. The van der Waals surface area contributed by atoms with E-state index in [4.69, 9.17) is 9.47 Å². The minimum Gasteiger partial charge on any atom is -0.444 e. The van der Waals surface area contributed by atoms with Crippen LogP contribution in [-0.4, -0.2) is 41.6 Å². The average molecular weight is 416 g/mol. The Morgan fingerprint density at radius 2 is 1.53 bits per heavy atom. The topological polar surface area (TPSA) is 72.9 Å². The molecule has 1 saturated heterocycles. The summed E-state index contributed by atoms with van der Waals surface area (Å²) in [6.45, 7) is 11.8. The third kappa shape index (κ3) is 7.01. The molecule has 0 radical (unpaired) electrons. The first-order chi connectivity index (χ1) is 13.9. The Bertz CT molecular complexity index is 791. The van der Waals surface area contributed by atoms with Gasteiger partial charge in [0.05, 0.1) is 11.0 Å². The fourth-order valence-corrected chi connectivity index (χ4v) is 3.00. The van der Waals surface area contributed by atoms with Crippen LogP contribution in [0.15, 0.2) is 36.4 Å². The number of hydrogen-bond donors (Lipinski definition) is 0. The lowest BCUT2D eigenvalue weighted by atomic mass is 9.92. The van der Waals surface area contributed by atoms with Gasteiger partial charge in [0.1, 0.15) is 5.60 Å². The highest BCUT2D eigenvalue weighted by atomic mass is 16.6. The molecule has 6 nitrogen and oxygen atoms in total. The van der Waals surface area contributed by atoms with E-state index in [2.05, 4.69) is 0 Å². The molecule has 0 aliphatic carbocycles. The predicted molar refractivity (Wildman–Crippen MR) is 116 cm³/mol. The largest absolute Gasteiger partial charge is 0.444 e. The predicted octanol–water partition coefficient (Wildman–Crippen LogP) is 4.83. The summed E-state index contributed by atoms with van der Waals surface area (Å²) in [7, 11) is 0. The van der Waals surface area contributed by atoms with Gasteiger partial charge in [0, 0.05) is 13.1 Å². The number of benzene rings is 1. The van der Waals surface area contributed by atoms with E-state index >= 15 is 0 Å². The van der Waals surface area contributed by atoms with Crippen molar-refractivity contribution in [1.29, 1.82) is 0 Å². The van der Waals surface area contributed by atoms with Crippen LogP contribution in [0.4, 0.5) is 4.79 Å². The highest BCUT2D eigenvalue weighted by Gasteiger charge is 2.30. The highest BCUT2D eigenvalue weighted by Crippen LogP contribution is 2.27. The number of carbonyl (C=O) groups is 3. The molecule has 1 amide bonds. The third-order valence-electron chi connectivity index (χ3n) is 4.70. The van der Waals surface area contributed by atoms with Crippen molar-refractivity contribution in [3.8, 4) is 0 Å². The Hall–Kier alpha value is -2.63. The molecule has 0 unspecified atom stereocenters. The Labute approximate surface area is 179 Å². The number of allylic oxidation sites excluding steroid dienone is 1. The van der Waals surface area contributed by atoms with E-state index in [1.165, 1.54) is 0 Å². The molecule has 1 heterocycles. The third-order valence-corrected chi connectivity index (χ3v) is 4.70. The Kier molecular flexibility index (Phi) is 7.45. The molecule has 1 aromatic carbocycles. The summed E-state index contributed by atoms with van der Waals surface area (Å²) < 4.78 is 10.6. The lowest BCUT2D eigenvalue weighted by Gasteiger charge is -2.32. The normalized spacial score (nSPS) is 16.2. The van der Waals surface area contributed by atoms with Crippen molar-refractivity contribution in [2.75, 3.05) is 13.1 Å². The summed E-state index contributed by atoms with van der Waals surface area (Å²) >= 11 is 0. The fraction of sp³-hybridized carbons (Fsp3) is 0.542. The Balaban J connectivity index is 2.13. The zero-order chi connectivity index (χ0) is 22.5. The maximum absolute atomic E-state index is 12.8. The van der Waals surface area contributed by atoms with Gasteiger partial charge < -0.3 is 14.4 Å². The van der Waals surface area contributed by atoms with Crippen LogP contribution >= 0.6 is 0 Å². The molecule has 0 bridgehead atoms. The standard InChI is InChI=1S/C24H33NO5/c1-23(2,3)21(27)29-20(26)19(18-10-8-7-9-11-18)16-17-12-14-25(15-13-17)22(28)30-24(4,5)6/h7-11,16-17H,12-15H2,1-6H3/b19-16+. The molecular formula is C24H33NO5. The number of ether oxygens (including phenoxy) is 2. The van der Waals surface area contributed by atoms with Crippen LogP contribution in [-0.2, 0) is 19.1 Å². The van der Waals surface area contributed by atoms with Crippen molar-refractivity contribution in [2.45, 2.75) is 60.0 Å². The van der Waals surface area contributed by atoms with Crippen LogP contribution in [0.2, 0.25) is 0 Å². The van der Waals surface area contributed by atoms with E-state index in [-0.39, 0.29) is 12.0 Å². The SMILES string of the molecule is CC(C)(C)OC(=O)N1CCC(/C=C(/C(=O)OC(=O)C(C)(C)C)c2ccccc2)CC1. The fourth-order valence-electron chi connectivity index (χ4n) is 3.00. The summed E-state index contributed by atoms with van der Waals surface area (Å²) in [6.07, 6.45) is 2.97. The molecule has 30 heavy (non-hydrogen) atoms. The van der Waals surface area contributed by atoms with E-state index in [1.54, 1.807) is 25.7 Å². The number of hydrogen-bond acceptors (Lipinski definition) is 5. The van der Waals surface area contributed by atoms with Crippen LogP contribution in [0.3, 0.4) is 0 Å². The smallest absolute Gasteiger partial charge is 0.410 e. The van der Waals surface area contributed by atoms with Crippen molar-refractivity contribution in [1.82, 2.24) is 4.90 Å². The number of rotatable bonds is 3. The minimum atomic E-state index is -0.768. The van der Waals surface area contributed by atoms with E-state index < -0.39 is 23.0 Å². The van der Waals surface area contributed by atoms with E-state index in [9.17, 15) is 14.4 Å². The monoisotopic (exact) mass is 415 g/mol. The van der Waals surface area contributed by atoms with Gasteiger partial charge in [0.25, 0.3) is 0 Å². The Morgan fingerprint density at radius 3 is 2.03 bits per heavy atom. The molecular weight excluding hydrogens is 382 g/mol. The number of nitrogens with zero attached hydrogens (tertiary/aromatic N) is 1.